The van der Waals surface area contributed by atoms with E-state index in [4.69, 9.17) is 4.74 Å². The molecule has 0 heterocycles. The maximum Gasteiger partial charge on any atom is 0.233 e. The molecule has 0 radical (unpaired) electrons. The van der Waals surface area contributed by atoms with E-state index in [9.17, 15) is 9.59 Å². The number of carbonyl (C=O) groups excluding carboxylic acids is 2. The molecule has 3 heteroatoms. The number of allylic oxidation sites excluding steroid dienone is 4. The van der Waals surface area contributed by atoms with Gasteiger partial charge in [-0.1, -0.05) is 12.2 Å². The van der Waals surface area contributed by atoms with Crippen molar-refractivity contribution in [3.63, 3.8) is 0 Å². The van der Waals surface area contributed by atoms with Crippen LogP contribution in [0.2, 0.25) is 0 Å². The Morgan fingerprint density at radius 1 is 1.14 bits per heavy atom. The molecule has 0 spiro atoms. The first kappa shape index (κ1) is 8.94. The number of carbonyl (C=O) groups is 2. The summed E-state index contributed by atoms with van der Waals surface area (Å²) in [5.41, 5.74) is 1.27. The van der Waals surface area contributed by atoms with E-state index in [2.05, 4.69) is 0 Å². The summed E-state index contributed by atoms with van der Waals surface area (Å²) in [6.07, 6.45) is 6.71. The van der Waals surface area contributed by atoms with Crippen molar-refractivity contribution in [2.45, 2.75) is 12.8 Å². The van der Waals surface area contributed by atoms with Gasteiger partial charge in [-0.3, -0.25) is 9.59 Å². The Kier molecular flexibility index (Phi) is 2.08. The monoisotopic (exact) mass is 190 g/mol. The number of methoxy groups -OCH3 is 1. The van der Waals surface area contributed by atoms with Crippen molar-refractivity contribution < 1.29 is 14.3 Å². The smallest absolute Gasteiger partial charge is 0.233 e. The molecule has 0 atom stereocenters. The standard InChI is InChI=1S/C11H10O3/c1-14-10-6-9(12)11(13)8-5-3-2-4-7(8)10/h4-6H,2-3H2,1H3. The third-order valence-corrected chi connectivity index (χ3v) is 2.37. The zero-order valence-electron chi connectivity index (χ0n) is 7.87. The molecule has 72 valence electrons. The summed E-state index contributed by atoms with van der Waals surface area (Å²) >= 11 is 0. The van der Waals surface area contributed by atoms with Gasteiger partial charge < -0.3 is 4.74 Å². The maximum atomic E-state index is 11.5. The fraction of sp³-hybridized carbons (Fsp3) is 0.273. The lowest BCUT2D eigenvalue weighted by Gasteiger charge is -2.19. The van der Waals surface area contributed by atoms with Crippen molar-refractivity contribution in [1.82, 2.24) is 0 Å². The van der Waals surface area contributed by atoms with Gasteiger partial charge in [-0.25, -0.2) is 0 Å². The number of hydrogen-bond donors (Lipinski definition) is 0. The molecule has 0 aromatic heterocycles. The molecule has 0 N–H and O–H groups in total. The van der Waals surface area contributed by atoms with Gasteiger partial charge >= 0.3 is 0 Å². The second kappa shape index (κ2) is 3.25. The van der Waals surface area contributed by atoms with Gasteiger partial charge in [-0.2, -0.15) is 0 Å². The second-order valence-electron chi connectivity index (χ2n) is 3.22. The summed E-state index contributed by atoms with van der Waals surface area (Å²) in [7, 11) is 1.50. The Balaban J connectivity index is 2.53. The van der Waals surface area contributed by atoms with Gasteiger partial charge in [0.25, 0.3) is 0 Å². The summed E-state index contributed by atoms with van der Waals surface area (Å²) in [5, 5.41) is 0. The predicted octanol–water partition coefficient (Wildman–Crippen LogP) is 1.32. The van der Waals surface area contributed by atoms with E-state index in [0.717, 1.165) is 18.4 Å². The van der Waals surface area contributed by atoms with Crippen LogP contribution in [0.15, 0.2) is 35.1 Å². The zero-order valence-corrected chi connectivity index (χ0v) is 7.87. The molecule has 3 nitrogen and oxygen atoms in total. The van der Waals surface area contributed by atoms with E-state index in [1.165, 1.54) is 13.2 Å². The van der Waals surface area contributed by atoms with Crippen LogP contribution >= 0.6 is 0 Å². The Morgan fingerprint density at radius 2 is 1.79 bits per heavy atom. The lowest BCUT2D eigenvalue weighted by molar-refractivity contribution is -0.131. The molecule has 0 aromatic carbocycles. The van der Waals surface area contributed by atoms with Gasteiger partial charge in [0.15, 0.2) is 0 Å². The minimum atomic E-state index is -0.493. The fourth-order valence-corrected chi connectivity index (χ4v) is 1.69. The summed E-state index contributed by atoms with van der Waals surface area (Å²) in [6.45, 7) is 0. The molecule has 0 fully saturated rings. The van der Waals surface area contributed by atoms with Crippen LogP contribution in [0, 0.1) is 0 Å². The summed E-state index contributed by atoms with van der Waals surface area (Å²) in [6, 6.07) is 0. The quantitative estimate of drug-likeness (QED) is 0.585. The highest BCUT2D eigenvalue weighted by molar-refractivity contribution is 6.49. The minimum Gasteiger partial charge on any atom is -0.496 e. The molecule has 0 saturated carbocycles. The number of ketones is 2. The van der Waals surface area contributed by atoms with Crippen LogP contribution in [0.1, 0.15) is 12.8 Å². The van der Waals surface area contributed by atoms with Gasteiger partial charge in [0.1, 0.15) is 5.76 Å². The fourth-order valence-electron chi connectivity index (χ4n) is 1.69. The largest absolute Gasteiger partial charge is 0.496 e. The van der Waals surface area contributed by atoms with Crippen LogP contribution < -0.4 is 0 Å². The molecular weight excluding hydrogens is 180 g/mol. The van der Waals surface area contributed by atoms with Gasteiger partial charge in [-0.15, -0.1) is 0 Å². The van der Waals surface area contributed by atoms with Crippen molar-refractivity contribution >= 4 is 11.6 Å². The maximum absolute atomic E-state index is 11.5. The van der Waals surface area contributed by atoms with E-state index in [1.54, 1.807) is 0 Å². The number of fused-ring (bicyclic) bond motifs is 1. The lowest BCUT2D eigenvalue weighted by Crippen LogP contribution is -2.23. The van der Waals surface area contributed by atoms with Crippen LogP contribution in [0.4, 0.5) is 0 Å². The van der Waals surface area contributed by atoms with E-state index in [1.807, 2.05) is 12.2 Å². The van der Waals surface area contributed by atoms with Gasteiger partial charge in [0, 0.05) is 17.2 Å². The SMILES string of the molecule is COC1=CC(=O)C(=O)C2=CCCC=C12. The molecule has 2 rings (SSSR count). The highest BCUT2D eigenvalue weighted by Gasteiger charge is 2.29. The molecule has 0 aliphatic heterocycles. The molecule has 2 aliphatic carbocycles. The van der Waals surface area contributed by atoms with Crippen molar-refractivity contribution in [2.24, 2.45) is 0 Å². The van der Waals surface area contributed by atoms with Crippen LogP contribution in [-0.2, 0) is 14.3 Å². The van der Waals surface area contributed by atoms with E-state index in [-0.39, 0.29) is 0 Å². The molecule has 0 saturated heterocycles. The predicted molar refractivity (Wildman–Crippen MR) is 50.5 cm³/mol. The third-order valence-electron chi connectivity index (χ3n) is 2.37. The van der Waals surface area contributed by atoms with E-state index < -0.39 is 11.6 Å². The normalized spacial score (nSPS) is 20.8. The number of rotatable bonds is 1. The Labute approximate surface area is 81.7 Å². The highest BCUT2D eigenvalue weighted by Crippen LogP contribution is 2.30. The topological polar surface area (TPSA) is 43.4 Å². The van der Waals surface area contributed by atoms with Gasteiger partial charge in [0.05, 0.1) is 7.11 Å². The molecular formula is C11H10O3. The molecule has 0 amide bonds. The number of hydrogen-bond acceptors (Lipinski definition) is 3. The summed E-state index contributed by atoms with van der Waals surface area (Å²) < 4.78 is 5.06. The van der Waals surface area contributed by atoms with Crippen molar-refractivity contribution in [3.05, 3.63) is 35.1 Å². The van der Waals surface area contributed by atoms with E-state index in [0.29, 0.717) is 11.3 Å². The van der Waals surface area contributed by atoms with Gasteiger partial charge in [-0.05, 0) is 12.8 Å². The summed E-state index contributed by atoms with van der Waals surface area (Å²) in [4.78, 5) is 22.7. The van der Waals surface area contributed by atoms with Gasteiger partial charge in [0.2, 0.25) is 11.6 Å². The molecule has 0 bridgehead atoms. The average Bonchev–Trinajstić information content (AvgIpc) is 2.23. The third kappa shape index (κ3) is 1.21. The van der Waals surface area contributed by atoms with Crippen LogP contribution in [-0.4, -0.2) is 18.7 Å². The zero-order chi connectivity index (χ0) is 10.1. The lowest BCUT2D eigenvalue weighted by atomic mass is 9.87. The van der Waals surface area contributed by atoms with E-state index >= 15 is 0 Å². The average molecular weight is 190 g/mol. The van der Waals surface area contributed by atoms with Crippen molar-refractivity contribution in [3.8, 4) is 0 Å². The summed E-state index contributed by atoms with van der Waals surface area (Å²) in [5.74, 6) is -0.413. The molecule has 2 aliphatic rings. The first-order valence-corrected chi connectivity index (χ1v) is 4.49. The molecule has 14 heavy (non-hydrogen) atoms. The van der Waals surface area contributed by atoms with Crippen molar-refractivity contribution in [2.75, 3.05) is 7.11 Å². The first-order chi connectivity index (χ1) is 6.74. The van der Waals surface area contributed by atoms with Crippen molar-refractivity contribution in [1.29, 1.82) is 0 Å². The Bertz CT molecular complexity index is 397. The minimum absolute atomic E-state index is 0.420. The van der Waals surface area contributed by atoms with Crippen LogP contribution in [0.5, 0.6) is 0 Å². The van der Waals surface area contributed by atoms with Crippen LogP contribution in [0.3, 0.4) is 0 Å². The number of ether oxygens (including phenoxy) is 1. The Morgan fingerprint density at radius 3 is 2.43 bits per heavy atom. The first-order valence-electron chi connectivity index (χ1n) is 4.49. The Hall–Kier alpha value is -1.64. The number of Topliss-reactive ketones (excluding diaryl/α,β-unsaturated/α-hetero) is 1. The molecule has 0 aromatic rings. The van der Waals surface area contributed by atoms with Crippen LogP contribution in [0.25, 0.3) is 0 Å². The second-order valence-corrected chi connectivity index (χ2v) is 3.22. The highest BCUT2D eigenvalue weighted by atomic mass is 16.5. The molecule has 0 unspecified atom stereocenters.